The second-order valence-electron chi connectivity index (χ2n) is 4.88. The smallest absolute Gasteiger partial charge is 0.118 e. The molecule has 0 amide bonds. The lowest BCUT2D eigenvalue weighted by atomic mass is 10.2. The lowest BCUT2D eigenvalue weighted by Gasteiger charge is -2.14. The van der Waals surface area contributed by atoms with Crippen molar-refractivity contribution in [3.63, 3.8) is 0 Å². The summed E-state index contributed by atoms with van der Waals surface area (Å²) in [6.45, 7) is 7.63. The maximum absolute atomic E-state index is 5.75. The molecule has 0 atom stereocenters. The SMILES string of the molecule is CCNCc1cc(CN(C)Cc2ccoc2)c(C)o1. The number of nitrogens with zero attached hydrogens (tertiary/aromatic N) is 1. The maximum atomic E-state index is 5.75. The monoisotopic (exact) mass is 262 g/mol. The highest BCUT2D eigenvalue weighted by Gasteiger charge is 2.10. The Labute approximate surface area is 114 Å². The number of nitrogens with one attached hydrogen (secondary N) is 1. The lowest BCUT2D eigenvalue weighted by Crippen LogP contribution is -2.17. The minimum absolute atomic E-state index is 0.794. The summed E-state index contributed by atoms with van der Waals surface area (Å²) in [6, 6.07) is 4.14. The highest BCUT2D eigenvalue weighted by molar-refractivity contribution is 5.21. The van der Waals surface area contributed by atoms with E-state index < -0.39 is 0 Å². The summed E-state index contributed by atoms with van der Waals surface area (Å²) >= 11 is 0. The van der Waals surface area contributed by atoms with Crippen molar-refractivity contribution in [2.24, 2.45) is 0 Å². The molecule has 0 radical (unpaired) electrons. The van der Waals surface area contributed by atoms with Crippen molar-refractivity contribution < 1.29 is 8.83 Å². The summed E-state index contributed by atoms with van der Waals surface area (Å²) in [4.78, 5) is 2.25. The van der Waals surface area contributed by atoms with Gasteiger partial charge in [0.05, 0.1) is 19.1 Å². The largest absolute Gasteiger partial charge is 0.472 e. The summed E-state index contributed by atoms with van der Waals surface area (Å²) in [5.41, 5.74) is 2.44. The van der Waals surface area contributed by atoms with Gasteiger partial charge in [0.1, 0.15) is 11.5 Å². The van der Waals surface area contributed by atoms with Gasteiger partial charge in [0, 0.05) is 24.2 Å². The van der Waals surface area contributed by atoms with Crippen LogP contribution < -0.4 is 5.32 Å². The topological polar surface area (TPSA) is 41.5 Å². The second kappa shape index (κ2) is 6.59. The van der Waals surface area contributed by atoms with Crippen molar-refractivity contribution >= 4 is 0 Å². The summed E-state index contributed by atoms with van der Waals surface area (Å²) in [5.74, 6) is 2.01. The third-order valence-electron chi connectivity index (χ3n) is 3.09. The minimum Gasteiger partial charge on any atom is -0.472 e. The molecule has 2 aromatic heterocycles. The number of hydrogen-bond donors (Lipinski definition) is 1. The van der Waals surface area contributed by atoms with E-state index in [1.165, 1.54) is 11.1 Å². The van der Waals surface area contributed by atoms with Gasteiger partial charge in [0.2, 0.25) is 0 Å². The van der Waals surface area contributed by atoms with Crippen LogP contribution in [0.3, 0.4) is 0 Å². The summed E-state index contributed by atoms with van der Waals surface area (Å²) in [7, 11) is 2.10. The van der Waals surface area contributed by atoms with E-state index in [1.54, 1.807) is 12.5 Å². The number of aryl methyl sites for hydroxylation is 1. The van der Waals surface area contributed by atoms with Gasteiger partial charge in [-0.05, 0) is 32.6 Å². The summed E-state index contributed by atoms with van der Waals surface area (Å²) < 4.78 is 10.8. The summed E-state index contributed by atoms with van der Waals surface area (Å²) in [5, 5.41) is 3.28. The van der Waals surface area contributed by atoms with Crippen LogP contribution in [0.15, 0.2) is 33.5 Å². The Balaban J connectivity index is 1.92. The van der Waals surface area contributed by atoms with Crippen molar-refractivity contribution in [2.45, 2.75) is 33.5 Å². The molecule has 2 rings (SSSR count). The molecule has 0 spiro atoms. The molecule has 19 heavy (non-hydrogen) atoms. The zero-order valence-electron chi connectivity index (χ0n) is 11.9. The number of hydrogen-bond acceptors (Lipinski definition) is 4. The quantitative estimate of drug-likeness (QED) is 0.833. The Hall–Kier alpha value is -1.52. The Bertz CT molecular complexity index is 488. The molecule has 0 bridgehead atoms. The average Bonchev–Trinajstić information content (AvgIpc) is 2.98. The first-order valence-electron chi connectivity index (χ1n) is 6.67. The van der Waals surface area contributed by atoms with E-state index in [9.17, 15) is 0 Å². The molecular weight excluding hydrogens is 240 g/mol. The van der Waals surface area contributed by atoms with E-state index in [4.69, 9.17) is 8.83 Å². The fourth-order valence-corrected chi connectivity index (χ4v) is 2.12. The molecular formula is C15H22N2O2. The molecule has 0 unspecified atom stereocenters. The molecule has 0 saturated heterocycles. The van der Waals surface area contributed by atoms with Crippen LogP contribution in [0.25, 0.3) is 0 Å². The van der Waals surface area contributed by atoms with Crippen LogP contribution in [0.4, 0.5) is 0 Å². The Morgan fingerprint density at radius 2 is 2.16 bits per heavy atom. The van der Waals surface area contributed by atoms with Crippen molar-refractivity contribution in [3.05, 3.63) is 47.3 Å². The zero-order chi connectivity index (χ0) is 13.7. The van der Waals surface area contributed by atoms with E-state index in [2.05, 4.69) is 30.3 Å². The van der Waals surface area contributed by atoms with Gasteiger partial charge in [0.25, 0.3) is 0 Å². The molecule has 104 valence electrons. The third kappa shape index (κ3) is 3.98. The van der Waals surface area contributed by atoms with Crippen LogP contribution in [0.1, 0.15) is 29.6 Å². The zero-order valence-corrected chi connectivity index (χ0v) is 11.9. The first kappa shape index (κ1) is 13.9. The van der Waals surface area contributed by atoms with Crippen molar-refractivity contribution in [3.8, 4) is 0 Å². The maximum Gasteiger partial charge on any atom is 0.118 e. The number of rotatable bonds is 7. The molecule has 2 aromatic rings. The Morgan fingerprint density at radius 3 is 2.84 bits per heavy atom. The van der Waals surface area contributed by atoms with Crippen LogP contribution in [0, 0.1) is 6.92 Å². The average molecular weight is 262 g/mol. The molecule has 0 aliphatic heterocycles. The van der Waals surface area contributed by atoms with Crippen molar-refractivity contribution in [2.75, 3.05) is 13.6 Å². The normalized spacial score (nSPS) is 11.4. The highest BCUT2D eigenvalue weighted by atomic mass is 16.3. The molecule has 0 aliphatic carbocycles. The van der Waals surface area contributed by atoms with Gasteiger partial charge < -0.3 is 14.2 Å². The molecule has 4 nitrogen and oxygen atoms in total. The van der Waals surface area contributed by atoms with E-state index in [0.717, 1.165) is 37.7 Å². The van der Waals surface area contributed by atoms with Gasteiger partial charge in [-0.3, -0.25) is 4.90 Å². The molecule has 1 N–H and O–H groups in total. The number of furan rings is 2. The van der Waals surface area contributed by atoms with Gasteiger partial charge in [0.15, 0.2) is 0 Å². The molecule has 0 saturated carbocycles. The first-order valence-corrected chi connectivity index (χ1v) is 6.67. The molecule has 2 heterocycles. The molecule has 0 aliphatic rings. The highest BCUT2D eigenvalue weighted by Crippen LogP contribution is 2.17. The van der Waals surface area contributed by atoms with Gasteiger partial charge in [-0.15, -0.1) is 0 Å². The van der Waals surface area contributed by atoms with Crippen LogP contribution in [0.2, 0.25) is 0 Å². The van der Waals surface area contributed by atoms with Gasteiger partial charge in [-0.25, -0.2) is 0 Å². The van der Waals surface area contributed by atoms with Crippen LogP contribution in [-0.4, -0.2) is 18.5 Å². The van der Waals surface area contributed by atoms with E-state index in [0.29, 0.717) is 0 Å². The predicted octanol–water partition coefficient (Wildman–Crippen LogP) is 2.92. The standard InChI is InChI=1S/C15H22N2O2/c1-4-16-8-15-7-14(12(2)19-15)10-17(3)9-13-5-6-18-11-13/h5-7,11,16H,4,8-10H2,1-3H3. The van der Waals surface area contributed by atoms with Crippen molar-refractivity contribution in [1.82, 2.24) is 10.2 Å². The van der Waals surface area contributed by atoms with Crippen LogP contribution in [-0.2, 0) is 19.6 Å². The van der Waals surface area contributed by atoms with Gasteiger partial charge in [-0.2, -0.15) is 0 Å². The van der Waals surface area contributed by atoms with E-state index in [1.807, 2.05) is 13.0 Å². The van der Waals surface area contributed by atoms with Gasteiger partial charge >= 0.3 is 0 Å². The predicted molar refractivity (Wildman–Crippen MR) is 74.7 cm³/mol. The van der Waals surface area contributed by atoms with Crippen LogP contribution in [0.5, 0.6) is 0 Å². The Kier molecular flexibility index (Phi) is 4.82. The minimum atomic E-state index is 0.794. The first-order chi connectivity index (χ1) is 9.19. The molecule has 4 heteroatoms. The van der Waals surface area contributed by atoms with E-state index in [-0.39, 0.29) is 0 Å². The molecule has 0 aromatic carbocycles. The van der Waals surface area contributed by atoms with Crippen LogP contribution >= 0.6 is 0 Å². The molecule has 0 fully saturated rings. The van der Waals surface area contributed by atoms with Crippen molar-refractivity contribution in [1.29, 1.82) is 0 Å². The lowest BCUT2D eigenvalue weighted by molar-refractivity contribution is 0.315. The Morgan fingerprint density at radius 1 is 1.32 bits per heavy atom. The third-order valence-corrected chi connectivity index (χ3v) is 3.09. The fraction of sp³-hybridized carbons (Fsp3) is 0.467. The fourth-order valence-electron chi connectivity index (χ4n) is 2.12. The second-order valence-corrected chi connectivity index (χ2v) is 4.88. The van der Waals surface area contributed by atoms with E-state index >= 15 is 0 Å². The summed E-state index contributed by atoms with van der Waals surface area (Å²) in [6.07, 6.45) is 3.50. The van der Waals surface area contributed by atoms with Gasteiger partial charge in [-0.1, -0.05) is 6.92 Å².